The van der Waals surface area contributed by atoms with Crippen molar-refractivity contribution in [1.29, 1.82) is 0 Å². The monoisotopic (exact) mass is 376 g/mol. The highest BCUT2D eigenvalue weighted by Crippen LogP contribution is 2.33. The fraction of sp³-hybridized carbons (Fsp3) is 0.217. The molecule has 5 heteroatoms. The first-order chi connectivity index (χ1) is 13.7. The van der Waals surface area contributed by atoms with Crippen LogP contribution in [0, 0.1) is 0 Å². The number of benzene rings is 2. The zero-order chi connectivity index (χ0) is 19.8. The summed E-state index contributed by atoms with van der Waals surface area (Å²) in [7, 11) is 0. The first-order valence-electron chi connectivity index (χ1n) is 9.48. The van der Waals surface area contributed by atoms with Crippen molar-refractivity contribution < 1.29 is 14.8 Å². The number of carbonyl (C=O) groups is 2. The summed E-state index contributed by atoms with van der Waals surface area (Å²) in [4.78, 5) is 23.5. The van der Waals surface area contributed by atoms with Crippen molar-refractivity contribution in [2.45, 2.75) is 25.7 Å². The Kier molecular flexibility index (Phi) is 6.76. The maximum absolute atomic E-state index is 12.5. The van der Waals surface area contributed by atoms with Gasteiger partial charge in [-0.2, -0.15) is 0 Å². The molecular formula is C23H24N2O3. The smallest absolute Gasteiger partial charge is 0.244 e. The van der Waals surface area contributed by atoms with Gasteiger partial charge in [0.05, 0.1) is 0 Å². The lowest BCUT2D eigenvalue weighted by molar-refractivity contribution is -0.129. The molecule has 2 aromatic carbocycles. The predicted octanol–water partition coefficient (Wildman–Crippen LogP) is 3.78. The molecule has 0 bridgehead atoms. The Hall–Kier alpha value is -3.18. The summed E-state index contributed by atoms with van der Waals surface area (Å²) >= 11 is 0. The van der Waals surface area contributed by atoms with Crippen molar-refractivity contribution in [3.8, 4) is 0 Å². The van der Waals surface area contributed by atoms with Crippen LogP contribution in [0.15, 0.2) is 54.6 Å². The Balaban J connectivity index is 1.68. The molecular weight excluding hydrogens is 352 g/mol. The van der Waals surface area contributed by atoms with E-state index in [-0.39, 0.29) is 18.2 Å². The summed E-state index contributed by atoms with van der Waals surface area (Å²) < 4.78 is 0. The van der Waals surface area contributed by atoms with Crippen molar-refractivity contribution >= 4 is 29.5 Å². The molecule has 5 nitrogen and oxygen atoms in total. The average Bonchev–Trinajstić information content (AvgIpc) is 2.88. The third-order valence-corrected chi connectivity index (χ3v) is 4.72. The third-order valence-electron chi connectivity index (χ3n) is 4.72. The van der Waals surface area contributed by atoms with Gasteiger partial charge in [-0.25, -0.2) is 5.48 Å². The van der Waals surface area contributed by atoms with Crippen LogP contribution in [0.5, 0.6) is 0 Å². The number of carbonyl (C=O) groups excluding carboxylic acids is 2. The van der Waals surface area contributed by atoms with E-state index in [2.05, 4.69) is 17.5 Å². The summed E-state index contributed by atoms with van der Waals surface area (Å²) in [5.74, 6) is -0.511. The van der Waals surface area contributed by atoms with Crippen LogP contribution in [-0.2, 0) is 9.59 Å². The van der Waals surface area contributed by atoms with Crippen LogP contribution in [0.3, 0.4) is 0 Å². The van der Waals surface area contributed by atoms with Crippen molar-refractivity contribution in [3.63, 3.8) is 0 Å². The Morgan fingerprint density at radius 1 is 0.857 bits per heavy atom. The minimum atomic E-state index is -0.381. The van der Waals surface area contributed by atoms with E-state index in [0.717, 1.165) is 40.7 Å². The molecule has 0 fully saturated rings. The Labute approximate surface area is 164 Å². The van der Waals surface area contributed by atoms with Crippen LogP contribution in [-0.4, -0.2) is 23.6 Å². The Morgan fingerprint density at radius 2 is 1.46 bits per heavy atom. The van der Waals surface area contributed by atoms with Crippen molar-refractivity contribution in [3.05, 3.63) is 76.9 Å². The number of unbranched alkanes of at least 4 members (excludes halogenated alkanes) is 2. The normalized spacial score (nSPS) is 11.8. The molecule has 0 saturated carbocycles. The van der Waals surface area contributed by atoms with Crippen LogP contribution < -0.4 is 10.8 Å². The van der Waals surface area contributed by atoms with Gasteiger partial charge in [-0.1, -0.05) is 67.1 Å². The van der Waals surface area contributed by atoms with E-state index in [0.29, 0.717) is 13.0 Å². The highest BCUT2D eigenvalue weighted by Gasteiger charge is 2.15. The number of rotatable bonds is 7. The Bertz CT molecular complexity index is 864. The number of hydroxylamine groups is 1. The van der Waals surface area contributed by atoms with Gasteiger partial charge in [-0.05, 0) is 40.7 Å². The first-order valence-corrected chi connectivity index (χ1v) is 9.48. The molecule has 1 aliphatic rings. The van der Waals surface area contributed by atoms with Crippen LogP contribution in [0.25, 0.3) is 17.7 Å². The second-order valence-electron chi connectivity index (χ2n) is 6.70. The summed E-state index contributed by atoms with van der Waals surface area (Å²) in [5.41, 5.74) is 6.77. The van der Waals surface area contributed by atoms with E-state index in [1.807, 2.05) is 48.5 Å². The van der Waals surface area contributed by atoms with Crippen LogP contribution >= 0.6 is 0 Å². The SMILES string of the molecule is O=C(C=C1c2ccccc2C=Cc2ccccc21)NCCCCCC(=O)NO. The topological polar surface area (TPSA) is 78.4 Å². The lowest BCUT2D eigenvalue weighted by Crippen LogP contribution is -2.23. The second kappa shape index (κ2) is 9.67. The molecule has 1 aliphatic carbocycles. The number of hydrogen-bond donors (Lipinski definition) is 3. The van der Waals surface area contributed by atoms with E-state index in [1.165, 1.54) is 0 Å². The van der Waals surface area contributed by atoms with E-state index >= 15 is 0 Å². The summed E-state index contributed by atoms with van der Waals surface area (Å²) in [5, 5.41) is 11.4. The largest absolute Gasteiger partial charge is 0.353 e. The molecule has 2 aromatic rings. The van der Waals surface area contributed by atoms with Gasteiger partial charge in [-0.3, -0.25) is 14.8 Å². The molecule has 0 atom stereocenters. The first kappa shape index (κ1) is 19.6. The molecule has 144 valence electrons. The fourth-order valence-electron chi connectivity index (χ4n) is 3.29. The molecule has 0 unspecified atom stereocenters. The molecule has 0 aromatic heterocycles. The lowest BCUT2D eigenvalue weighted by atomic mass is 9.93. The van der Waals surface area contributed by atoms with Gasteiger partial charge in [0.2, 0.25) is 11.8 Å². The lowest BCUT2D eigenvalue weighted by Gasteiger charge is -2.12. The molecule has 0 spiro atoms. The van der Waals surface area contributed by atoms with Gasteiger partial charge < -0.3 is 5.32 Å². The van der Waals surface area contributed by atoms with E-state index in [1.54, 1.807) is 11.6 Å². The highest BCUT2D eigenvalue weighted by molar-refractivity contribution is 6.03. The van der Waals surface area contributed by atoms with Crippen molar-refractivity contribution in [2.75, 3.05) is 6.54 Å². The second-order valence-corrected chi connectivity index (χ2v) is 6.70. The molecule has 3 N–H and O–H groups in total. The quantitative estimate of drug-likeness (QED) is 0.254. The van der Waals surface area contributed by atoms with Crippen LogP contribution in [0.2, 0.25) is 0 Å². The molecule has 3 rings (SSSR count). The maximum Gasteiger partial charge on any atom is 0.244 e. The van der Waals surface area contributed by atoms with Crippen LogP contribution in [0.4, 0.5) is 0 Å². The zero-order valence-corrected chi connectivity index (χ0v) is 15.7. The summed E-state index contributed by atoms with van der Waals surface area (Å²) in [6, 6.07) is 16.1. The number of amides is 2. The highest BCUT2D eigenvalue weighted by atomic mass is 16.5. The standard InChI is InChI=1S/C23H24N2O3/c26-22(25-28)12-2-1-7-15-24-23(27)16-21-19-10-5-3-8-17(19)13-14-18-9-4-6-11-20(18)21/h3-6,8-11,13-14,16,28H,1-2,7,12,15H2,(H,24,27)(H,25,26). The van der Waals surface area contributed by atoms with E-state index in [4.69, 9.17) is 5.21 Å². The summed E-state index contributed by atoms with van der Waals surface area (Å²) in [6.45, 7) is 0.547. The van der Waals surface area contributed by atoms with Crippen molar-refractivity contribution in [2.24, 2.45) is 0 Å². The molecule has 28 heavy (non-hydrogen) atoms. The molecule has 0 saturated heterocycles. The van der Waals surface area contributed by atoms with Crippen molar-refractivity contribution in [1.82, 2.24) is 10.8 Å². The third kappa shape index (κ3) is 4.96. The minimum absolute atomic E-state index is 0.130. The number of hydrogen-bond acceptors (Lipinski definition) is 3. The van der Waals surface area contributed by atoms with E-state index in [9.17, 15) is 9.59 Å². The summed E-state index contributed by atoms with van der Waals surface area (Å²) in [6.07, 6.45) is 8.38. The predicted molar refractivity (Wildman–Crippen MR) is 110 cm³/mol. The Morgan fingerprint density at radius 3 is 2.07 bits per heavy atom. The van der Waals surface area contributed by atoms with Gasteiger partial charge in [0.25, 0.3) is 0 Å². The molecule has 2 amide bonds. The number of fused-ring (bicyclic) bond motifs is 2. The van der Waals surface area contributed by atoms with Gasteiger partial charge in [0.15, 0.2) is 0 Å². The minimum Gasteiger partial charge on any atom is -0.353 e. The zero-order valence-electron chi connectivity index (χ0n) is 15.7. The van der Waals surface area contributed by atoms with E-state index < -0.39 is 0 Å². The average molecular weight is 376 g/mol. The van der Waals surface area contributed by atoms with Gasteiger partial charge in [0, 0.05) is 19.0 Å². The maximum atomic E-state index is 12.5. The molecule has 0 heterocycles. The van der Waals surface area contributed by atoms with Gasteiger partial charge in [-0.15, -0.1) is 0 Å². The van der Waals surface area contributed by atoms with Gasteiger partial charge in [0.1, 0.15) is 0 Å². The fourth-order valence-corrected chi connectivity index (χ4v) is 3.29. The number of nitrogens with one attached hydrogen (secondary N) is 2. The molecule has 0 radical (unpaired) electrons. The van der Waals surface area contributed by atoms with Gasteiger partial charge >= 0.3 is 0 Å². The molecule has 0 aliphatic heterocycles. The van der Waals surface area contributed by atoms with Crippen LogP contribution in [0.1, 0.15) is 47.9 Å².